The van der Waals surface area contributed by atoms with Crippen LogP contribution in [0, 0.1) is 5.82 Å². The maximum Gasteiger partial charge on any atom is 0.275 e. The first-order valence-electron chi connectivity index (χ1n) is 10.3. The SMILES string of the molecule is O=C(Nc1ccc2c(c1)OCO2)c1c(CSc2ccc(F)cc2)nnn1CC1CCCO1. The van der Waals surface area contributed by atoms with Crippen molar-refractivity contribution in [3.05, 3.63) is 59.7 Å². The molecule has 1 N–H and O–H groups in total. The zero-order chi connectivity index (χ0) is 21.9. The van der Waals surface area contributed by atoms with Gasteiger partial charge in [0.2, 0.25) is 6.79 Å². The van der Waals surface area contributed by atoms with E-state index in [9.17, 15) is 9.18 Å². The first-order valence-corrected chi connectivity index (χ1v) is 11.3. The van der Waals surface area contributed by atoms with Crippen LogP contribution >= 0.6 is 11.8 Å². The van der Waals surface area contributed by atoms with Crippen LogP contribution in [0.3, 0.4) is 0 Å². The van der Waals surface area contributed by atoms with Crippen molar-refractivity contribution in [2.45, 2.75) is 36.1 Å². The molecular formula is C22H21FN4O4S. The monoisotopic (exact) mass is 456 g/mol. The molecule has 0 radical (unpaired) electrons. The van der Waals surface area contributed by atoms with E-state index in [0.29, 0.717) is 47.5 Å². The van der Waals surface area contributed by atoms with Gasteiger partial charge < -0.3 is 19.5 Å². The van der Waals surface area contributed by atoms with Gasteiger partial charge in [0.1, 0.15) is 11.5 Å². The highest BCUT2D eigenvalue weighted by Crippen LogP contribution is 2.34. The normalized spacial score (nSPS) is 17.0. The Bertz CT molecular complexity index is 1120. The molecule has 0 saturated carbocycles. The highest BCUT2D eigenvalue weighted by Gasteiger charge is 2.25. The molecule has 1 amide bonds. The molecule has 32 heavy (non-hydrogen) atoms. The molecule has 0 bridgehead atoms. The van der Waals surface area contributed by atoms with Crippen molar-refractivity contribution in [3.63, 3.8) is 0 Å². The van der Waals surface area contributed by atoms with Gasteiger partial charge in [-0.05, 0) is 49.2 Å². The smallest absolute Gasteiger partial charge is 0.275 e. The predicted molar refractivity (Wildman–Crippen MR) is 115 cm³/mol. The largest absolute Gasteiger partial charge is 0.454 e. The lowest BCUT2D eigenvalue weighted by atomic mass is 10.2. The van der Waals surface area contributed by atoms with Crippen LogP contribution in [0.4, 0.5) is 10.1 Å². The van der Waals surface area contributed by atoms with Crippen LogP contribution in [0.5, 0.6) is 11.5 Å². The first kappa shape index (κ1) is 20.8. The Labute approximate surface area is 188 Å². The number of carbonyl (C=O) groups is 1. The van der Waals surface area contributed by atoms with Crippen molar-refractivity contribution in [1.82, 2.24) is 15.0 Å². The Morgan fingerprint density at radius 2 is 2.03 bits per heavy atom. The Kier molecular flexibility index (Phi) is 5.95. The number of rotatable bonds is 7. The molecule has 1 saturated heterocycles. The summed E-state index contributed by atoms with van der Waals surface area (Å²) in [5.41, 5.74) is 1.52. The van der Waals surface area contributed by atoms with Gasteiger partial charge >= 0.3 is 0 Å². The molecule has 2 aliphatic heterocycles. The summed E-state index contributed by atoms with van der Waals surface area (Å²) in [7, 11) is 0. The molecule has 166 valence electrons. The molecule has 1 atom stereocenters. The van der Waals surface area contributed by atoms with E-state index in [0.717, 1.165) is 17.7 Å². The Morgan fingerprint density at radius 1 is 1.19 bits per heavy atom. The number of nitrogens with zero attached hydrogens (tertiary/aromatic N) is 3. The van der Waals surface area contributed by atoms with Gasteiger partial charge in [0.05, 0.1) is 12.6 Å². The minimum atomic E-state index is -0.318. The summed E-state index contributed by atoms with van der Waals surface area (Å²) in [4.78, 5) is 14.1. The van der Waals surface area contributed by atoms with Gasteiger partial charge in [-0.2, -0.15) is 0 Å². The standard InChI is InChI=1S/C22H21FN4O4S/c23-14-3-6-17(7-4-14)32-12-18-21(27(26-25-18)11-16-2-1-9-29-16)22(28)24-15-5-8-19-20(10-15)31-13-30-19/h3-8,10,16H,1-2,9,11-13H2,(H,24,28). The number of anilines is 1. The van der Waals surface area contributed by atoms with E-state index < -0.39 is 0 Å². The molecule has 0 spiro atoms. The maximum atomic E-state index is 13.3. The summed E-state index contributed by atoms with van der Waals surface area (Å²) in [5, 5.41) is 11.4. The number of nitrogens with one attached hydrogen (secondary N) is 1. The zero-order valence-corrected chi connectivity index (χ0v) is 17.9. The van der Waals surface area contributed by atoms with Crippen molar-refractivity contribution in [3.8, 4) is 11.5 Å². The van der Waals surface area contributed by atoms with Crippen LogP contribution in [0.1, 0.15) is 29.0 Å². The average Bonchev–Trinajstić information content (AvgIpc) is 3.54. The number of fused-ring (bicyclic) bond motifs is 1. The molecule has 5 rings (SSSR count). The van der Waals surface area contributed by atoms with Crippen molar-refractivity contribution in [1.29, 1.82) is 0 Å². The lowest BCUT2D eigenvalue weighted by molar-refractivity contribution is 0.0899. The fourth-order valence-electron chi connectivity index (χ4n) is 3.65. The molecule has 8 nitrogen and oxygen atoms in total. The minimum absolute atomic E-state index is 0.00592. The van der Waals surface area contributed by atoms with Crippen LogP contribution in [0.25, 0.3) is 0 Å². The molecule has 1 fully saturated rings. The lowest BCUT2D eigenvalue weighted by Crippen LogP contribution is -2.23. The molecule has 0 aliphatic carbocycles. The molecule has 10 heteroatoms. The summed E-state index contributed by atoms with van der Waals surface area (Å²) in [6.45, 7) is 1.33. The molecular weight excluding hydrogens is 435 g/mol. The highest BCUT2D eigenvalue weighted by atomic mass is 32.2. The van der Waals surface area contributed by atoms with Crippen molar-refractivity contribution in [2.24, 2.45) is 0 Å². The molecule has 1 unspecified atom stereocenters. The van der Waals surface area contributed by atoms with Crippen molar-refractivity contribution in [2.75, 3.05) is 18.7 Å². The van der Waals surface area contributed by atoms with Gasteiger partial charge in [-0.15, -0.1) is 16.9 Å². The fraction of sp³-hybridized carbons (Fsp3) is 0.318. The minimum Gasteiger partial charge on any atom is -0.454 e. The maximum absolute atomic E-state index is 13.3. The molecule has 3 aromatic rings. The second-order valence-electron chi connectivity index (χ2n) is 7.47. The predicted octanol–water partition coefficient (Wildman–Crippen LogP) is 3.87. The summed E-state index contributed by atoms with van der Waals surface area (Å²) >= 11 is 1.46. The topological polar surface area (TPSA) is 87.5 Å². The molecule has 2 aromatic carbocycles. The number of halogens is 1. The van der Waals surface area contributed by atoms with E-state index >= 15 is 0 Å². The van der Waals surface area contributed by atoms with Gasteiger partial charge in [-0.25, -0.2) is 9.07 Å². The summed E-state index contributed by atoms with van der Waals surface area (Å²) in [5.74, 6) is 1.04. The number of amides is 1. The molecule has 3 heterocycles. The summed E-state index contributed by atoms with van der Waals surface area (Å²) in [6.07, 6.45) is 1.92. The van der Waals surface area contributed by atoms with Gasteiger partial charge in [0, 0.05) is 29.0 Å². The van der Waals surface area contributed by atoms with Crippen LogP contribution in [0.15, 0.2) is 47.4 Å². The second kappa shape index (κ2) is 9.17. The number of hydrogen-bond acceptors (Lipinski definition) is 7. The Morgan fingerprint density at radius 3 is 2.84 bits per heavy atom. The Balaban J connectivity index is 1.37. The third kappa shape index (κ3) is 4.56. The summed E-state index contributed by atoms with van der Waals surface area (Å²) < 4.78 is 31.2. The zero-order valence-electron chi connectivity index (χ0n) is 17.1. The molecule has 2 aliphatic rings. The van der Waals surface area contributed by atoms with Crippen LogP contribution < -0.4 is 14.8 Å². The van der Waals surface area contributed by atoms with E-state index in [1.165, 1.54) is 23.9 Å². The number of carbonyl (C=O) groups excluding carboxylic acids is 1. The third-order valence-electron chi connectivity index (χ3n) is 5.24. The van der Waals surface area contributed by atoms with E-state index in [1.807, 2.05) is 0 Å². The number of aromatic nitrogens is 3. The van der Waals surface area contributed by atoms with E-state index in [4.69, 9.17) is 14.2 Å². The van der Waals surface area contributed by atoms with Crippen LogP contribution in [-0.2, 0) is 17.0 Å². The summed E-state index contributed by atoms with van der Waals surface area (Å²) in [6, 6.07) is 11.4. The quantitative estimate of drug-likeness (QED) is 0.540. The number of hydrogen-bond donors (Lipinski definition) is 1. The van der Waals surface area contributed by atoms with Gasteiger partial charge in [-0.3, -0.25) is 4.79 Å². The Hall–Kier alpha value is -3.11. The lowest BCUT2D eigenvalue weighted by Gasteiger charge is -2.13. The van der Waals surface area contributed by atoms with Crippen LogP contribution in [-0.4, -0.2) is 40.4 Å². The first-order chi connectivity index (χ1) is 15.7. The van der Waals surface area contributed by atoms with Gasteiger partial charge in [0.25, 0.3) is 5.91 Å². The van der Waals surface area contributed by atoms with Gasteiger partial charge in [0.15, 0.2) is 17.2 Å². The van der Waals surface area contributed by atoms with Crippen molar-refractivity contribution < 1.29 is 23.4 Å². The average molecular weight is 456 g/mol. The van der Waals surface area contributed by atoms with E-state index in [-0.39, 0.29) is 24.6 Å². The fourth-order valence-corrected chi connectivity index (χ4v) is 4.48. The molecule has 1 aromatic heterocycles. The van der Waals surface area contributed by atoms with E-state index in [2.05, 4.69) is 15.6 Å². The highest BCUT2D eigenvalue weighted by molar-refractivity contribution is 7.98. The van der Waals surface area contributed by atoms with Crippen molar-refractivity contribution >= 4 is 23.4 Å². The number of thioether (sulfide) groups is 1. The van der Waals surface area contributed by atoms with Crippen LogP contribution in [0.2, 0.25) is 0 Å². The van der Waals surface area contributed by atoms with Gasteiger partial charge in [-0.1, -0.05) is 5.21 Å². The van der Waals surface area contributed by atoms with E-state index in [1.54, 1.807) is 35.0 Å². The third-order valence-corrected chi connectivity index (χ3v) is 6.26. The second-order valence-corrected chi connectivity index (χ2v) is 8.52. The number of ether oxygens (including phenoxy) is 3. The number of benzene rings is 2.